The fraction of sp³-hybridized carbons (Fsp3) is 0.174. The number of amides is 1. The van der Waals surface area contributed by atoms with Gasteiger partial charge in [-0.3, -0.25) is 14.2 Å². The quantitative estimate of drug-likeness (QED) is 0.496. The summed E-state index contributed by atoms with van der Waals surface area (Å²) in [4.78, 5) is 40.6. The molecule has 8 heteroatoms. The molecular formula is C23H20ClN3O3S. The van der Waals surface area contributed by atoms with Gasteiger partial charge in [-0.25, -0.2) is 9.36 Å². The molecular weight excluding hydrogens is 434 g/mol. The fourth-order valence-corrected chi connectivity index (χ4v) is 4.63. The second-order valence-electron chi connectivity index (χ2n) is 7.43. The highest BCUT2D eigenvalue weighted by atomic mass is 35.5. The van der Waals surface area contributed by atoms with E-state index >= 15 is 0 Å². The van der Waals surface area contributed by atoms with Crippen LogP contribution in [0.1, 0.15) is 16.0 Å². The highest BCUT2D eigenvalue weighted by Crippen LogP contribution is 2.23. The molecule has 6 nitrogen and oxygen atoms in total. The van der Waals surface area contributed by atoms with Crippen LogP contribution in [0.5, 0.6) is 0 Å². The van der Waals surface area contributed by atoms with Crippen LogP contribution in [0, 0.1) is 20.8 Å². The van der Waals surface area contributed by atoms with Gasteiger partial charge in [0.15, 0.2) is 0 Å². The average molecular weight is 454 g/mol. The number of aryl methyl sites for hydroxylation is 3. The Morgan fingerprint density at radius 1 is 1.06 bits per heavy atom. The average Bonchev–Trinajstić information content (AvgIpc) is 3.10. The van der Waals surface area contributed by atoms with Crippen LogP contribution < -0.4 is 16.6 Å². The molecule has 1 amide bonds. The monoisotopic (exact) mass is 453 g/mol. The summed E-state index contributed by atoms with van der Waals surface area (Å²) in [5.74, 6) is -0.348. The minimum Gasteiger partial charge on any atom is -0.324 e. The number of thiophene rings is 1. The third-order valence-corrected chi connectivity index (χ3v) is 6.28. The fourth-order valence-electron chi connectivity index (χ4n) is 3.46. The van der Waals surface area contributed by atoms with E-state index in [1.54, 1.807) is 30.3 Å². The van der Waals surface area contributed by atoms with E-state index in [0.29, 0.717) is 26.6 Å². The number of nitrogens with one attached hydrogen (secondary N) is 1. The minimum atomic E-state index is -0.585. The second-order valence-corrected chi connectivity index (χ2v) is 9.10. The first-order chi connectivity index (χ1) is 14.7. The maximum atomic E-state index is 13.3. The van der Waals surface area contributed by atoms with Crippen LogP contribution in [-0.4, -0.2) is 15.0 Å². The molecule has 0 spiro atoms. The van der Waals surface area contributed by atoms with Crippen molar-refractivity contribution in [2.24, 2.45) is 0 Å². The summed E-state index contributed by atoms with van der Waals surface area (Å²) in [6.07, 6.45) is 0. The van der Waals surface area contributed by atoms with E-state index < -0.39 is 11.2 Å². The molecule has 2 aromatic heterocycles. The smallest absolute Gasteiger partial charge is 0.324 e. The zero-order chi connectivity index (χ0) is 22.3. The van der Waals surface area contributed by atoms with Gasteiger partial charge >= 0.3 is 5.69 Å². The summed E-state index contributed by atoms with van der Waals surface area (Å²) in [5, 5.41) is 3.68. The predicted molar refractivity (Wildman–Crippen MR) is 126 cm³/mol. The lowest BCUT2D eigenvalue weighted by Crippen LogP contribution is -2.40. The molecule has 31 heavy (non-hydrogen) atoms. The van der Waals surface area contributed by atoms with Crippen molar-refractivity contribution in [3.8, 4) is 5.69 Å². The van der Waals surface area contributed by atoms with Crippen LogP contribution in [0.2, 0.25) is 5.02 Å². The SMILES string of the molecule is Cc1ccc(C)c(NC(=O)Cn2c(=O)n(-c3cccc(Cl)c3)c(=O)c3cc(C)sc32)c1. The Kier molecular flexibility index (Phi) is 5.56. The lowest BCUT2D eigenvalue weighted by molar-refractivity contribution is -0.116. The molecule has 158 valence electrons. The minimum absolute atomic E-state index is 0.219. The highest BCUT2D eigenvalue weighted by molar-refractivity contribution is 7.18. The van der Waals surface area contributed by atoms with Crippen LogP contribution in [0.3, 0.4) is 0 Å². The first-order valence-corrected chi connectivity index (χ1v) is 10.8. The lowest BCUT2D eigenvalue weighted by atomic mass is 10.1. The molecule has 0 atom stereocenters. The maximum absolute atomic E-state index is 13.3. The number of fused-ring (bicyclic) bond motifs is 1. The number of aromatic nitrogens is 2. The van der Waals surface area contributed by atoms with Gasteiger partial charge in [-0.05, 0) is 62.2 Å². The topological polar surface area (TPSA) is 73.1 Å². The first-order valence-electron chi connectivity index (χ1n) is 9.63. The molecule has 0 bridgehead atoms. The number of carbonyl (C=O) groups excluding carboxylic acids is 1. The molecule has 2 aromatic carbocycles. The molecule has 0 radical (unpaired) electrons. The van der Waals surface area contributed by atoms with Crippen molar-refractivity contribution in [1.82, 2.24) is 9.13 Å². The number of hydrogen-bond acceptors (Lipinski definition) is 4. The highest BCUT2D eigenvalue weighted by Gasteiger charge is 2.19. The Morgan fingerprint density at radius 3 is 2.58 bits per heavy atom. The molecule has 0 aliphatic rings. The Balaban J connectivity index is 1.84. The van der Waals surface area contributed by atoms with E-state index in [1.807, 2.05) is 39.0 Å². The molecule has 4 rings (SSSR count). The zero-order valence-electron chi connectivity index (χ0n) is 17.2. The Hall–Kier alpha value is -3.16. The van der Waals surface area contributed by atoms with Gasteiger partial charge in [0, 0.05) is 15.6 Å². The zero-order valence-corrected chi connectivity index (χ0v) is 18.8. The summed E-state index contributed by atoms with van der Waals surface area (Å²) in [6, 6.07) is 14.0. The van der Waals surface area contributed by atoms with Crippen LogP contribution >= 0.6 is 22.9 Å². The van der Waals surface area contributed by atoms with E-state index in [-0.39, 0.29) is 12.5 Å². The summed E-state index contributed by atoms with van der Waals surface area (Å²) in [6.45, 7) is 5.49. The van der Waals surface area contributed by atoms with Crippen LogP contribution in [0.25, 0.3) is 15.9 Å². The van der Waals surface area contributed by atoms with Crippen molar-refractivity contribution >= 4 is 44.7 Å². The van der Waals surface area contributed by atoms with Crippen molar-refractivity contribution in [2.45, 2.75) is 27.3 Å². The summed E-state index contributed by atoms with van der Waals surface area (Å²) < 4.78 is 2.40. The van der Waals surface area contributed by atoms with E-state index in [9.17, 15) is 14.4 Å². The van der Waals surface area contributed by atoms with E-state index in [0.717, 1.165) is 20.6 Å². The molecule has 4 aromatic rings. The molecule has 0 aliphatic heterocycles. The van der Waals surface area contributed by atoms with Gasteiger partial charge in [-0.1, -0.05) is 29.8 Å². The summed E-state index contributed by atoms with van der Waals surface area (Å²) >= 11 is 7.39. The molecule has 0 saturated heterocycles. The molecule has 0 fully saturated rings. The van der Waals surface area contributed by atoms with Gasteiger partial charge in [-0.2, -0.15) is 0 Å². The van der Waals surface area contributed by atoms with E-state index in [2.05, 4.69) is 5.32 Å². The summed E-state index contributed by atoms with van der Waals surface area (Å²) in [7, 11) is 0. The number of anilines is 1. The van der Waals surface area contributed by atoms with Gasteiger partial charge in [0.05, 0.1) is 11.1 Å². The predicted octanol–water partition coefficient (Wildman–Crippen LogP) is 4.43. The lowest BCUT2D eigenvalue weighted by Gasteiger charge is -2.13. The first kappa shape index (κ1) is 21.1. The molecule has 0 saturated carbocycles. The van der Waals surface area contributed by atoms with Gasteiger partial charge in [0.1, 0.15) is 11.4 Å². The van der Waals surface area contributed by atoms with Gasteiger partial charge < -0.3 is 5.32 Å². The third-order valence-electron chi connectivity index (χ3n) is 4.97. The van der Waals surface area contributed by atoms with E-state index in [4.69, 9.17) is 11.6 Å². The molecule has 0 aliphatic carbocycles. The van der Waals surface area contributed by atoms with Gasteiger partial charge in [-0.15, -0.1) is 11.3 Å². The van der Waals surface area contributed by atoms with Crippen molar-refractivity contribution in [2.75, 3.05) is 5.32 Å². The van der Waals surface area contributed by atoms with Crippen molar-refractivity contribution in [1.29, 1.82) is 0 Å². The number of hydrogen-bond donors (Lipinski definition) is 1. The van der Waals surface area contributed by atoms with Crippen LogP contribution in [0.4, 0.5) is 5.69 Å². The molecule has 2 heterocycles. The Labute approximate surface area is 187 Å². The number of nitrogens with zero attached hydrogens (tertiary/aromatic N) is 2. The Bertz CT molecular complexity index is 1450. The third kappa shape index (κ3) is 4.06. The summed E-state index contributed by atoms with van der Waals surface area (Å²) in [5.41, 5.74) is 1.98. The van der Waals surface area contributed by atoms with Crippen molar-refractivity contribution in [3.05, 3.63) is 90.4 Å². The molecule has 1 N–H and O–H groups in total. The van der Waals surface area contributed by atoms with Crippen molar-refractivity contribution in [3.63, 3.8) is 0 Å². The van der Waals surface area contributed by atoms with E-state index in [1.165, 1.54) is 15.9 Å². The number of carbonyl (C=O) groups is 1. The van der Waals surface area contributed by atoms with Crippen LogP contribution in [0.15, 0.2) is 58.1 Å². The van der Waals surface area contributed by atoms with Gasteiger partial charge in [0.2, 0.25) is 5.91 Å². The molecule has 0 unspecified atom stereocenters. The second kappa shape index (κ2) is 8.17. The Morgan fingerprint density at radius 2 is 1.84 bits per heavy atom. The van der Waals surface area contributed by atoms with Gasteiger partial charge in [0.25, 0.3) is 5.56 Å². The largest absolute Gasteiger partial charge is 0.337 e. The van der Waals surface area contributed by atoms with Crippen LogP contribution in [-0.2, 0) is 11.3 Å². The number of halogens is 1. The standard InChI is InChI=1S/C23H20ClN3O3S/c1-13-7-8-14(2)19(9-13)25-20(28)12-26-22-18(10-15(3)31-22)21(29)27(23(26)30)17-6-4-5-16(24)11-17/h4-11H,12H2,1-3H3,(H,25,28). The normalized spacial score (nSPS) is 11.1. The maximum Gasteiger partial charge on any atom is 0.337 e. The number of benzene rings is 2. The van der Waals surface area contributed by atoms with Crippen molar-refractivity contribution < 1.29 is 4.79 Å². The number of rotatable bonds is 4.